The maximum absolute atomic E-state index is 13.3. The van der Waals surface area contributed by atoms with E-state index in [0.29, 0.717) is 36.4 Å². The molecule has 1 aliphatic carbocycles. The van der Waals surface area contributed by atoms with Gasteiger partial charge >= 0.3 is 0 Å². The monoisotopic (exact) mass is 638 g/mol. The molecule has 2 N–H and O–H groups in total. The molecule has 0 radical (unpaired) electrons. The van der Waals surface area contributed by atoms with E-state index in [4.69, 9.17) is 14.5 Å². The van der Waals surface area contributed by atoms with E-state index in [9.17, 15) is 9.59 Å². The van der Waals surface area contributed by atoms with Crippen molar-refractivity contribution in [2.75, 3.05) is 65.4 Å². The van der Waals surface area contributed by atoms with E-state index in [1.807, 2.05) is 36.4 Å². The number of aromatic nitrogens is 2. The second kappa shape index (κ2) is 14.0. The third-order valence-corrected chi connectivity index (χ3v) is 9.91. The molecule has 3 aromatic carbocycles. The Balaban J connectivity index is 1.12. The van der Waals surface area contributed by atoms with E-state index in [1.165, 1.54) is 16.8 Å². The molecule has 1 aliphatic heterocycles. The topological polar surface area (TPSA) is 101 Å². The van der Waals surface area contributed by atoms with Crippen LogP contribution in [0.1, 0.15) is 46.8 Å². The highest BCUT2D eigenvalue weighted by Gasteiger charge is 2.37. The van der Waals surface area contributed by atoms with Crippen molar-refractivity contribution in [1.82, 2.24) is 25.1 Å². The summed E-state index contributed by atoms with van der Waals surface area (Å²) in [5, 5.41) is 5.91. The SMILES string of the molecule is CNC(=O)C1CC(n2c(-c3ccc(OC)c(OC)c3)nc3ccc(C(=O)NCCCN4CCN(c5cccc(C)c5C)CC4)cc32)C1. The zero-order valence-corrected chi connectivity index (χ0v) is 28.1. The molecule has 0 spiro atoms. The minimum Gasteiger partial charge on any atom is -0.493 e. The first-order chi connectivity index (χ1) is 22.8. The van der Waals surface area contributed by atoms with Crippen LogP contribution in [0.5, 0.6) is 11.5 Å². The van der Waals surface area contributed by atoms with E-state index in [1.54, 1.807) is 21.3 Å². The van der Waals surface area contributed by atoms with Crippen molar-refractivity contribution in [3.05, 3.63) is 71.3 Å². The number of benzene rings is 3. The molecule has 47 heavy (non-hydrogen) atoms. The first-order valence-electron chi connectivity index (χ1n) is 16.6. The Labute approximate surface area is 277 Å². The van der Waals surface area contributed by atoms with Gasteiger partial charge in [-0.15, -0.1) is 0 Å². The fourth-order valence-electron chi connectivity index (χ4n) is 6.90. The molecule has 0 unspecified atom stereocenters. The smallest absolute Gasteiger partial charge is 0.251 e. The summed E-state index contributed by atoms with van der Waals surface area (Å²) in [5.74, 6) is 1.95. The fourth-order valence-corrected chi connectivity index (χ4v) is 6.90. The van der Waals surface area contributed by atoms with Gasteiger partial charge in [0.15, 0.2) is 11.5 Å². The molecular weight excluding hydrogens is 592 g/mol. The number of ether oxygens (including phenoxy) is 2. The highest BCUT2D eigenvalue weighted by atomic mass is 16.5. The Morgan fingerprint density at radius 1 is 0.936 bits per heavy atom. The maximum Gasteiger partial charge on any atom is 0.251 e. The number of nitrogens with zero attached hydrogens (tertiary/aromatic N) is 4. The fraction of sp³-hybridized carbons (Fsp3) is 0.432. The summed E-state index contributed by atoms with van der Waals surface area (Å²) in [6.45, 7) is 10.0. The molecule has 6 rings (SSSR count). The molecule has 2 aliphatic rings. The van der Waals surface area contributed by atoms with Crippen LogP contribution in [0.25, 0.3) is 22.4 Å². The largest absolute Gasteiger partial charge is 0.493 e. The summed E-state index contributed by atoms with van der Waals surface area (Å²) in [7, 11) is 4.90. The second-order valence-corrected chi connectivity index (χ2v) is 12.7. The van der Waals surface area contributed by atoms with Crippen LogP contribution in [-0.2, 0) is 4.79 Å². The van der Waals surface area contributed by atoms with Gasteiger partial charge in [-0.05, 0) is 93.2 Å². The van der Waals surface area contributed by atoms with E-state index < -0.39 is 0 Å². The number of carbonyl (C=O) groups excluding carboxylic acids is 2. The Morgan fingerprint density at radius 2 is 1.70 bits per heavy atom. The average molecular weight is 639 g/mol. The number of hydrogen-bond acceptors (Lipinski definition) is 7. The number of methoxy groups -OCH3 is 2. The van der Waals surface area contributed by atoms with Gasteiger partial charge in [-0.25, -0.2) is 4.98 Å². The van der Waals surface area contributed by atoms with Gasteiger partial charge in [0.25, 0.3) is 5.91 Å². The summed E-state index contributed by atoms with van der Waals surface area (Å²) in [4.78, 5) is 35.6. The highest BCUT2D eigenvalue weighted by molar-refractivity contribution is 5.98. The van der Waals surface area contributed by atoms with Gasteiger partial charge in [0.05, 0.1) is 25.3 Å². The van der Waals surface area contributed by atoms with Gasteiger partial charge < -0.3 is 29.6 Å². The normalized spacial score (nSPS) is 18.1. The highest BCUT2D eigenvalue weighted by Crippen LogP contribution is 2.43. The van der Waals surface area contributed by atoms with Crippen LogP contribution in [0.2, 0.25) is 0 Å². The number of nitrogens with one attached hydrogen (secondary N) is 2. The first kappa shape index (κ1) is 32.4. The zero-order valence-electron chi connectivity index (χ0n) is 28.1. The summed E-state index contributed by atoms with van der Waals surface area (Å²) in [6, 6.07) is 18.1. The van der Waals surface area contributed by atoms with E-state index in [2.05, 4.69) is 57.0 Å². The summed E-state index contributed by atoms with van der Waals surface area (Å²) in [6.07, 6.45) is 2.31. The molecule has 1 aromatic heterocycles. The molecule has 2 fully saturated rings. The summed E-state index contributed by atoms with van der Waals surface area (Å²) < 4.78 is 13.2. The third kappa shape index (κ3) is 6.65. The Kier molecular flexibility index (Phi) is 9.68. The molecule has 2 heterocycles. The minimum atomic E-state index is -0.0936. The molecule has 4 aromatic rings. The van der Waals surface area contributed by atoms with Crippen LogP contribution in [0.4, 0.5) is 5.69 Å². The molecule has 1 saturated heterocycles. The number of imidazole rings is 1. The van der Waals surface area contributed by atoms with Crippen LogP contribution in [0, 0.1) is 19.8 Å². The Morgan fingerprint density at radius 3 is 2.43 bits per heavy atom. The number of rotatable bonds is 11. The van der Waals surface area contributed by atoms with Crippen molar-refractivity contribution in [3.8, 4) is 22.9 Å². The van der Waals surface area contributed by atoms with Gasteiger partial charge in [0.2, 0.25) is 5.91 Å². The molecule has 10 heteroatoms. The standard InChI is InChI=1S/C37H46N6O4/c1-24-8-6-9-31(25(24)2)42-18-16-41(17-19-42)15-7-14-39-37(45)27-10-12-30-32(22-27)43(29-20-28(21-29)36(44)38-3)35(40-30)26-11-13-33(46-4)34(23-26)47-5/h6,8-13,22-23,28-29H,7,14-21H2,1-5H3,(H,38,44)(H,39,45). The molecule has 2 amide bonds. The Bertz CT molecular complexity index is 1750. The first-order valence-corrected chi connectivity index (χ1v) is 16.6. The number of aryl methyl sites for hydroxylation is 1. The van der Waals surface area contributed by atoms with Crippen LogP contribution in [-0.4, -0.2) is 86.8 Å². The summed E-state index contributed by atoms with van der Waals surface area (Å²) in [5.41, 5.74) is 7.20. The minimum absolute atomic E-state index is 0.0400. The van der Waals surface area contributed by atoms with E-state index >= 15 is 0 Å². The van der Waals surface area contributed by atoms with Crippen molar-refractivity contribution < 1.29 is 19.1 Å². The van der Waals surface area contributed by atoms with E-state index in [0.717, 1.165) is 61.6 Å². The van der Waals surface area contributed by atoms with Crippen LogP contribution in [0.15, 0.2) is 54.6 Å². The average Bonchev–Trinajstić information content (AvgIpc) is 3.45. The lowest BCUT2D eigenvalue weighted by molar-refractivity contribution is -0.128. The van der Waals surface area contributed by atoms with E-state index in [-0.39, 0.29) is 23.8 Å². The van der Waals surface area contributed by atoms with Crippen LogP contribution in [0.3, 0.4) is 0 Å². The quantitative estimate of drug-likeness (QED) is 0.224. The number of amides is 2. The molecular formula is C37H46N6O4. The van der Waals surface area contributed by atoms with Crippen molar-refractivity contribution in [3.63, 3.8) is 0 Å². The predicted molar refractivity (Wildman–Crippen MR) is 186 cm³/mol. The lowest BCUT2D eigenvalue weighted by Crippen LogP contribution is -2.47. The number of carbonyl (C=O) groups is 2. The van der Waals surface area contributed by atoms with Crippen LogP contribution < -0.4 is 25.0 Å². The van der Waals surface area contributed by atoms with Gasteiger partial charge in [-0.3, -0.25) is 14.5 Å². The van der Waals surface area contributed by atoms with Crippen LogP contribution >= 0.6 is 0 Å². The molecule has 248 valence electrons. The van der Waals surface area contributed by atoms with Crippen molar-refractivity contribution in [2.24, 2.45) is 5.92 Å². The Hall–Kier alpha value is -4.57. The van der Waals surface area contributed by atoms with Gasteiger partial charge in [0, 0.05) is 68.5 Å². The number of hydrogen-bond donors (Lipinski definition) is 2. The van der Waals surface area contributed by atoms with Gasteiger partial charge in [0.1, 0.15) is 5.82 Å². The molecule has 1 saturated carbocycles. The van der Waals surface area contributed by atoms with Gasteiger partial charge in [-0.1, -0.05) is 12.1 Å². The predicted octanol–water partition coefficient (Wildman–Crippen LogP) is 4.98. The third-order valence-electron chi connectivity index (χ3n) is 9.91. The van der Waals surface area contributed by atoms with Crippen molar-refractivity contribution >= 4 is 28.5 Å². The molecule has 0 atom stereocenters. The number of anilines is 1. The lowest BCUT2D eigenvalue weighted by Gasteiger charge is -2.37. The molecule has 10 nitrogen and oxygen atoms in total. The lowest BCUT2D eigenvalue weighted by atomic mass is 9.79. The van der Waals surface area contributed by atoms with Crippen molar-refractivity contribution in [2.45, 2.75) is 39.2 Å². The van der Waals surface area contributed by atoms with Gasteiger partial charge in [-0.2, -0.15) is 0 Å². The summed E-state index contributed by atoms with van der Waals surface area (Å²) >= 11 is 0. The second-order valence-electron chi connectivity index (χ2n) is 12.7. The number of fused-ring (bicyclic) bond motifs is 1. The zero-order chi connectivity index (χ0) is 33.1. The maximum atomic E-state index is 13.3. The molecule has 0 bridgehead atoms. The number of piperazine rings is 1. The van der Waals surface area contributed by atoms with Crippen molar-refractivity contribution in [1.29, 1.82) is 0 Å².